The highest BCUT2D eigenvalue weighted by Crippen LogP contribution is 2.28. The third kappa shape index (κ3) is 4.09. The molecule has 1 aromatic heterocycles. The van der Waals surface area contributed by atoms with Crippen LogP contribution in [0.4, 0.5) is 0 Å². The number of fused-ring (bicyclic) bond motifs is 1. The third-order valence-electron chi connectivity index (χ3n) is 5.74. The number of amides is 1. The lowest BCUT2D eigenvalue weighted by atomic mass is 10.0. The molecule has 2 aromatic carbocycles. The molecule has 0 radical (unpaired) electrons. The lowest BCUT2D eigenvalue weighted by Gasteiger charge is -2.26. The first-order valence-electron chi connectivity index (χ1n) is 10.0. The Labute approximate surface area is 165 Å². The summed E-state index contributed by atoms with van der Waals surface area (Å²) < 4.78 is 1.69. The predicted octanol–water partition coefficient (Wildman–Crippen LogP) is 3.62. The van der Waals surface area contributed by atoms with Gasteiger partial charge in [-0.15, -0.1) is 0 Å². The number of hydrogen-bond donors (Lipinski definition) is 1. The summed E-state index contributed by atoms with van der Waals surface area (Å²) in [6, 6.07) is 14.8. The summed E-state index contributed by atoms with van der Waals surface area (Å²) >= 11 is 0. The number of nitrogens with zero attached hydrogens (tertiary/aromatic N) is 3. The number of aryl methyl sites for hydroxylation is 2. The van der Waals surface area contributed by atoms with Crippen LogP contribution in [0.3, 0.4) is 0 Å². The van der Waals surface area contributed by atoms with E-state index in [2.05, 4.69) is 35.4 Å². The van der Waals surface area contributed by atoms with Crippen LogP contribution in [0.25, 0.3) is 10.8 Å². The Morgan fingerprint density at radius 3 is 2.86 bits per heavy atom. The number of hydrogen-bond acceptors (Lipinski definition) is 3. The molecule has 28 heavy (non-hydrogen) atoms. The number of carbonyl (C=O) groups excluding carboxylic acids is 1. The van der Waals surface area contributed by atoms with Gasteiger partial charge in [0.2, 0.25) is 5.91 Å². The summed E-state index contributed by atoms with van der Waals surface area (Å²) in [5, 5.41) is 17.1. The number of aliphatic hydroxyl groups is 1. The Balaban J connectivity index is 1.36. The van der Waals surface area contributed by atoms with Crippen molar-refractivity contribution in [3.63, 3.8) is 0 Å². The second kappa shape index (κ2) is 8.15. The zero-order valence-electron chi connectivity index (χ0n) is 16.3. The van der Waals surface area contributed by atoms with Crippen LogP contribution in [0.5, 0.6) is 0 Å². The molecule has 0 unspecified atom stereocenters. The van der Waals surface area contributed by atoms with Crippen molar-refractivity contribution in [1.82, 2.24) is 14.7 Å². The van der Waals surface area contributed by atoms with Crippen LogP contribution in [0.15, 0.2) is 54.9 Å². The van der Waals surface area contributed by atoms with Crippen molar-refractivity contribution in [1.29, 1.82) is 0 Å². The molecule has 4 rings (SSSR count). The van der Waals surface area contributed by atoms with Crippen molar-refractivity contribution < 1.29 is 9.90 Å². The number of rotatable bonds is 6. The van der Waals surface area contributed by atoms with E-state index in [-0.39, 0.29) is 11.9 Å². The maximum Gasteiger partial charge on any atom is 0.223 e. The van der Waals surface area contributed by atoms with E-state index in [4.69, 9.17) is 0 Å². The molecule has 1 aliphatic rings. The first-order chi connectivity index (χ1) is 13.6. The molecule has 1 amide bonds. The molecule has 2 atom stereocenters. The molecule has 3 aromatic rings. The molecular formula is C23H27N3O2. The van der Waals surface area contributed by atoms with Gasteiger partial charge in [-0.1, -0.05) is 42.5 Å². The fraction of sp³-hybridized carbons (Fsp3) is 0.391. The second-order valence-electron chi connectivity index (χ2n) is 7.76. The Morgan fingerprint density at radius 1 is 1.25 bits per heavy atom. The van der Waals surface area contributed by atoms with Crippen LogP contribution in [0, 0.1) is 0 Å². The number of aromatic nitrogens is 2. The van der Waals surface area contributed by atoms with Crippen LogP contribution in [-0.2, 0) is 18.3 Å². The summed E-state index contributed by atoms with van der Waals surface area (Å²) in [6.07, 6.45) is 6.76. The van der Waals surface area contributed by atoms with Gasteiger partial charge in [0.05, 0.1) is 12.3 Å². The van der Waals surface area contributed by atoms with Crippen molar-refractivity contribution in [3.05, 3.63) is 66.0 Å². The van der Waals surface area contributed by atoms with E-state index in [1.54, 1.807) is 10.9 Å². The second-order valence-corrected chi connectivity index (χ2v) is 7.76. The highest BCUT2D eigenvalue weighted by atomic mass is 16.3. The largest absolute Gasteiger partial charge is 0.388 e. The Hall–Kier alpha value is -2.66. The van der Waals surface area contributed by atoms with E-state index in [0.717, 1.165) is 31.4 Å². The summed E-state index contributed by atoms with van der Waals surface area (Å²) in [5.41, 5.74) is 2.01. The van der Waals surface area contributed by atoms with Gasteiger partial charge in [-0.25, -0.2) is 0 Å². The van der Waals surface area contributed by atoms with Crippen LogP contribution < -0.4 is 0 Å². The predicted molar refractivity (Wildman–Crippen MR) is 110 cm³/mol. The van der Waals surface area contributed by atoms with E-state index in [1.165, 1.54) is 16.3 Å². The van der Waals surface area contributed by atoms with Gasteiger partial charge in [-0.3, -0.25) is 9.48 Å². The van der Waals surface area contributed by atoms with Crippen LogP contribution >= 0.6 is 0 Å². The lowest BCUT2D eigenvalue weighted by Crippen LogP contribution is -2.36. The van der Waals surface area contributed by atoms with E-state index in [9.17, 15) is 9.90 Å². The molecule has 5 nitrogen and oxygen atoms in total. The number of likely N-dealkylation sites (tertiary alicyclic amines) is 1. The number of carbonyl (C=O) groups is 1. The van der Waals surface area contributed by atoms with Gasteiger partial charge < -0.3 is 10.0 Å². The molecule has 1 saturated heterocycles. The SMILES string of the molecule is Cn1cc([C@H](O)C[C@H]2CCCN2C(=O)CCc2ccc3ccccc3c2)cn1. The monoisotopic (exact) mass is 377 g/mol. The van der Waals surface area contributed by atoms with Crippen molar-refractivity contribution in [3.8, 4) is 0 Å². The highest BCUT2D eigenvalue weighted by Gasteiger charge is 2.30. The zero-order valence-corrected chi connectivity index (χ0v) is 16.3. The lowest BCUT2D eigenvalue weighted by molar-refractivity contribution is -0.132. The molecule has 0 saturated carbocycles. The van der Waals surface area contributed by atoms with Crippen molar-refractivity contribution in [2.75, 3.05) is 6.54 Å². The normalized spacial score (nSPS) is 17.9. The Kier molecular flexibility index (Phi) is 5.44. The minimum absolute atomic E-state index is 0.110. The van der Waals surface area contributed by atoms with Gasteiger partial charge in [0, 0.05) is 37.8 Å². The first-order valence-corrected chi connectivity index (χ1v) is 10.0. The third-order valence-corrected chi connectivity index (χ3v) is 5.74. The molecular weight excluding hydrogens is 350 g/mol. The van der Waals surface area contributed by atoms with Gasteiger partial charge in [0.1, 0.15) is 0 Å². The first kappa shape index (κ1) is 18.7. The summed E-state index contributed by atoms with van der Waals surface area (Å²) in [4.78, 5) is 14.8. The molecule has 146 valence electrons. The van der Waals surface area contributed by atoms with Gasteiger partial charge in [-0.2, -0.15) is 5.10 Å². The summed E-state index contributed by atoms with van der Waals surface area (Å²) in [7, 11) is 1.84. The average molecular weight is 377 g/mol. The standard InChI is InChI=1S/C23H27N3O2/c1-25-16-20(15-24-25)22(27)14-21-7-4-12-26(21)23(28)11-9-17-8-10-18-5-2-3-6-19(18)13-17/h2-3,5-6,8,10,13,15-16,21-22,27H,4,7,9,11-12,14H2,1H3/t21-,22-/m1/s1. The van der Waals surface area contributed by atoms with Gasteiger partial charge >= 0.3 is 0 Å². The maximum atomic E-state index is 12.8. The zero-order chi connectivity index (χ0) is 19.5. The van der Waals surface area contributed by atoms with E-state index >= 15 is 0 Å². The fourth-order valence-corrected chi connectivity index (χ4v) is 4.20. The topological polar surface area (TPSA) is 58.4 Å². The number of aliphatic hydroxyl groups excluding tert-OH is 1. The molecule has 2 heterocycles. The molecule has 1 N–H and O–H groups in total. The van der Waals surface area contributed by atoms with Crippen molar-refractivity contribution in [2.45, 2.75) is 44.2 Å². The highest BCUT2D eigenvalue weighted by molar-refractivity contribution is 5.83. The quantitative estimate of drug-likeness (QED) is 0.714. The van der Waals surface area contributed by atoms with Crippen molar-refractivity contribution in [2.24, 2.45) is 7.05 Å². The van der Waals surface area contributed by atoms with Gasteiger partial charge in [0.15, 0.2) is 0 Å². The molecule has 0 bridgehead atoms. The molecule has 0 spiro atoms. The number of benzene rings is 2. The summed E-state index contributed by atoms with van der Waals surface area (Å²) in [5.74, 6) is 0.189. The minimum Gasteiger partial charge on any atom is -0.388 e. The maximum absolute atomic E-state index is 12.8. The van der Waals surface area contributed by atoms with Crippen molar-refractivity contribution >= 4 is 16.7 Å². The molecule has 5 heteroatoms. The van der Waals surface area contributed by atoms with Gasteiger partial charge in [0.25, 0.3) is 0 Å². The van der Waals surface area contributed by atoms with E-state index < -0.39 is 6.10 Å². The smallest absolute Gasteiger partial charge is 0.223 e. The van der Waals surface area contributed by atoms with Crippen LogP contribution in [0.2, 0.25) is 0 Å². The van der Waals surface area contributed by atoms with E-state index in [1.807, 2.05) is 30.3 Å². The Bertz CT molecular complexity index is 965. The molecule has 0 aliphatic carbocycles. The summed E-state index contributed by atoms with van der Waals surface area (Å²) in [6.45, 7) is 0.793. The van der Waals surface area contributed by atoms with Crippen LogP contribution in [-0.4, -0.2) is 38.3 Å². The van der Waals surface area contributed by atoms with E-state index in [0.29, 0.717) is 12.8 Å². The Morgan fingerprint density at radius 2 is 2.07 bits per heavy atom. The molecule has 1 aliphatic heterocycles. The minimum atomic E-state index is -0.576. The van der Waals surface area contributed by atoms with Crippen LogP contribution in [0.1, 0.15) is 42.9 Å². The average Bonchev–Trinajstić information content (AvgIpc) is 3.35. The fourth-order valence-electron chi connectivity index (χ4n) is 4.20. The molecule has 1 fully saturated rings. The van der Waals surface area contributed by atoms with Gasteiger partial charge in [-0.05, 0) is 42.0 Å².